The number of carboxylic acids is 1. The van der Waals surface area contributed by atoms with Crippen LogP contribution in [0, 0.1) is 6.92 Å². The van der Waals surface area contributed by atoms with Gasteiger partial charge >= 0.3 is 5.97 Å². The van der Waals surface area contributed by atoms with Crippen molar-refractivity contribution in [2.45, 2.75) is 32.8 Å². The van der Waals surface area contributed by atoms with Crippen LogP contribution in [0.5, 0.6) is 5.88 Å². The Labute approximate surface area is 189 Å². The molecule has 2 aromatic carbocycles. The number of carbonyl (C=O) groups is 1. The molecular weight excluding hydrogens is 432 g/mol. The number of nitrogens with zero attached hydrogens (tertiary/aromatic N) is 2. The van der Waals surface area contributed by atoms with E-state index in [4.69, 9.17) is 16.3 Å². The van der Waals surface area contributed by atoms with Crippen molar-refractivity contribution in [2.75, 3.05) is 0 Å². The second-order valence-electron chi connectivity index (χ2n) is 7.16. The summed E-state index contributed by atoms with van der Waals surface area (Å²) < 4.78 is 6.01. The third kappa shape index (κ3) is 4.27. The molecule has 0 aliphatic rings. The summed E-state index contributed by atoms with van der Waals surface area (Å²) in [4.78, 5) is 22.6. The lowest BCUT2D eigenvalue weighted by molar-refractivity contribution is -0.145. The molecule has 0 aliphatic heterocycles. The van der Waals surface area contributed by atoms with Gasteiger partial charge in [0.05, 0.1) is 5.39 Å². The largest absolute Gasteiger partial charge is 0.478 e. The van der Waals surface area contributed by atoms with E-state index in [9.17, 15) is 9.90 Å². The van der Waals surface area contributed by atoms with Crippen molar-refractivity contribution in [3.05, 3.63) is 75.9 Å². The Kier molecular flexibility index (Phi) is 6.20. The molecule has 0 saturated heterocycles. The number of aryl methyl sites for hydroxylation is 1. The number of hydrogen-bond acceptors (Lipinski definition) is 5. The zero-order chi connectivity index (χ0) is 22.0. The van der Waals surface area contributed by atoms with Gasteiger partial charge in [-0.1, -0.05) is 61.0 Å². The molecule has 0 radical (unpaired) electrons. The van der Waals surface area contributed by atoms with Crippen LogP contribution in [0.4, 0.5) is 0 Å². The fourth-order valence-corrected chi connectivity index (χ4v) is 4.85. The van der Waals surface area contributed by atoms with Crippen molar-refractivity contribution >= 4 is 39.1 Å². The molecule has 2 heterocycles. The Bertz CT molecular complexity index is 1240. The third-order valence-electron chi connectivity index (χ3n) is 5.18. The monoisotopic (exact) mass is 452 g/mol. The van der Waals surface area contributed by atoms with Gasteiger partial charge in [0.15, 0.2) is 0 Å². The van der Waals surface area contributed by atoms with Gasteiger partial charge < -0.3 is 9.84 Å². The number of aromatic nitrogens is 2. The highest BCUT2D eigenvalue weighted by Crippen LogP contribution is 2.44. The molecule has 0 saturated carbocycles. The number of aliphatic carboxylic acids is 1. The minimum Gasteiger partial charge on any atom is -0.478 e. The van der Waals surface area contributed by atoms with Crippen LogP contribution in [0.1, 0.15) is 22.9 Å². The summed E-state index contributed by atoms with van der Waals surface area (Å²) in [6.45, 7) is 4.05. The average molecular weight is 453 g/mol. The molecule has 1 atom stereocenters. The van der Waals surface area contributed by atoms with E-state index in [-0.39, 0.29) is 12.3 Å². The van der Waals surface area contributed by atoms with E-state index in [1.165, 1.54) is 6.33 Å². The van der Waals surface area contributed by atoms with Gasteiger partial charge in [-0.2, -0.15) is 0 Å². The number of halogens is 1. The molecule has 4 aromatic rings. The van der Waals surface area contributed by atoms with Crippen molar-refractivity contribution in [2.24, 2.45) is 0 Å². The van der Waals surface area contributed by atoms with Crippen LogP contribution < -0.4 is 4.74 Å². The summed E-state index contributed by atoms with van der Waals surface area (Å²) in [7, 11) is 0. The van der Waals surface area contributed by atoms with Gasteiger partial charge in [0.2, 0.25) is 12.0 Å². The molecule has 0 fully saturated rings. The number of carboxylic acid groups (broad SMARTS) is 1. The molecule has 158 valence electrons. The number of rotatable bonds is 7. The van der Waals surface area contributed by atoms with Crippen LogP contribution >= 0.6 is 22.9 Å². The molecule has 0 bridgehead atoms. The molecule has 5 nitrogen and oxygen atoms in total. The molecule has 1 N–H and O–H groups in total. The molecule has 7 heteroatoms. The maximum atomic E-state index is 12.0. The molecule has 0 amide bonds. The predicted octanol–water partition coefficient (Wildman–Crippen LogP) is 5.96. The summed E-state index contributed by atoms with van der Waals surface area (Å²) in [5, 5.41) is 11.2. The molecule has 31 heavy (non-hydrogen) atoms. The molecule has 4 rings (SSSR count). The second kappa shape index (κ2) is 9.04. The number of benzene rings is 2. The van der Waals surface area contributed by atoms with Crippen LogP contribution in [0.2, 0.25) is 5.02 Å². The maximum absolute atomic E-state index is 12.0. The first-order chi connectivity index (χ1) is 15.0. The lowest BCUT2D eigenvalue weighted by Crippen LogP contribution is -2.29. The van der Waals surface area contributed by atoms with E-state index in [2.05, 4.69) is 16.9 Å². The minimum absolute atomic E-state index is 0.234. The highest BCUT2D eigenvalue weighted by molar-refractivity contribution is 7.19. The van der Waals surface area contributed by atoms with E-state index in [0.29, 0.717) is 5.02 Å². The number of hydrogen-bond donors (Lipinski definition) is 1. The highest BCUT2D eigenvalue weighted by Gasteiger charge is 2.25. The van der Waals surface area contributed by atoms with E-state index in [0.717, 1.165) is 43.8 Å². The topological polar surface area (TPSA) is 72.3 Å². The smallest absolute Gasteiger partial charge is 0.345 e. The zero-order valence-corrected chi connectivity index (χ0v) is 18.7. The zero-order valence-electron chi connectivity index (χ0n) is 17.1. The summed E-state index contributed by atoms with van der Waals surface area (Å²) in [6, 6.07) is 15.2. The van der Waals surface area contributed by atoms with Crippen molar-refractivity contribution < 1.29 is 14.6 Å². The van der Waals surface area contributed by atoms with Gasteiger partial charge in [-0.3, -0.25) is 0 Å². The molecule has 0 spiro atoms. The summed E-state index contributed by atoms with van der Waals surface area (Å²) in [6.07, 6.45) is 1.38. The van der Waals surface area contributed by atoms with Crippen LogP contribution in [0.25, 0.3) is 21.3 Å². The molecule has 0 aliphatic carbocycles. The average Bonchev–Trinajstić information content (AvgIpc) is 3.15. The van der Waals surface area contributed by atoms with Crippen molar-refractivity contribution in [3.63, 3.8) is 0 Å². The summed E-state index contributed by atoms with van der Waals surface area (Å²) in [5.74, 6) is -0.763. The Morgan fingerprint density at radius 1 is 1.16 bits per heavy atom. The predicted molar refractivity (Wildman–Crippen MR) is 124 cm³/mol. The lowest BCUT2D eigenvalue weighted by atomic mass is 9.98. The Balaban J connectivity index is 1.84. The summed E-state index contributed by atoms with van der Waals surface area (Å²) in [5.41, 5.74) is 3.77. The van der Waals surface area contributed by atoms with Crippen LogP contribution in [0.3, 0.4) is 0 Å². The van der Waals surface area contributed by atoms with Gasteiger partial charge in [-0.25, -0.2) is 14.8 Å². The number of thiophene rings is 1. The quantitative estimate of drug-likeness (QED) is 0.374. The van der Waals surface area contributed by atoms with E-state index in [1.54, 1.807) is 11.3 Å². The van der Waals surface area contributed by atoms with Crippen LogP contribution in [-0.4, -0.2) is 27.1 Å². The molecule has 0 unspecified atom stereocenters. The van der Waals surface area contributed by atoms with Gasteiger partial charge in [0, 0.05) is 21.9 Å². The van der Waals surface area contributed by atoms with Crippen molar-refractivity contribution in [1.29, 1.82) is 0 Å². The van der Waals surface area contributed by atoms with E-state index < -0.39 is 12.1 Å². The van der Waals surface area contributed by atoms with Crippen molar-refractivity contribution in [1.82, 2.24) is 9.97 Å². The fourth-order valence-electron chi connectivity index (χ4n) is 3.60. The van der Waals surface area contributed by atoms with E-state index >= 15 is 0 Å². The number of ether oxygens (including phenoxy) is 1. The standard InChI is InChI=1S/C24H21ClN2O3S/c1-3-19-20(16-10-7-11-17(25)14(16)2)21-22(26-13-27-23(21)31-19)30-18(24(28)29)12-15-8-5-4-6-9-15/h4-11,13,18H,3,12H2,1-2H3,(H,28,29)/t18-/m1/s1. The normalized spacial score (nSPS) is 12.1. The Hall–Kier alpha value is -2.96. The number of fused-ring (bicyclic) bond motifs is 1. The maximum Gasteiger partial charge on any atom is 0.345 e. The van der Waals surface area contributed by atoms with Gasteiger partial charge in [-0.05, 0) is 36.1 Å². The Morgan fingerprint density at radius 2 is 1.94 bits per heavy atom. The third-order valence-corrected chi connectivity index (χ3v) is 6.83. The summed E-state index contributed by atoms with van der Waals surface area (Å²) >= 11 is 7.96. The van der Waals surface area contributed by atoms with Gasteiger partial charge in [0.1, 0.15) is 11.2 Å². The van der Waals surface area contributed by atoms with Gasteiger partial charge in [0.25, 0.3) is 0 Å². The first kappa shape index (κ1) is 21.3. The Morgan fingerprint density at radius 3 is 2.65 bits per heavy atom. The fraction of sp³-hybridized carbons (Fsp3) is 0.208. The van der Waals surface area contributed by atoms with Crippen LogP contribution in [-0.2, 0) is 17.6 Å². The first-order valence-electron chi connectivity index (χ1n) is 9.94. The second-order valence-corrected chi connectivity index (χ2v) is 8.65. The minimum atomic E-state index is -1.07. The molecular formula is C24H21ClN2O3S. The van der Waals surface area contributed by atoms with E-state index in [1.807, 2.05) is 55.5 Å². The highest BCUT2D eigenvalue weighted by atomic mass is 35.5. The van der Waals surface area contributed by atoms with Crippen LogP contribution in [0.15, 0.2) is 54.9 Å². The van der Waals surface area contributed by atoms with Crippen molar-refractivity contribution in [3.8, 4) is 17.0 Å². The van der Waals surface area contributed by atoms with Gasteiger partial charge in [-0.15, -0.1) is 11.3 Å². The SMILES string of the molecule is CCc1sc2ncnc(O[C@H](Cc3ccccc3)C(=O)O)c2c1-c1cccc(Cl)c1C. The lowest BCUT2D eigenvalue weighted by Gasteiger charge is -2.16. The first-order valence-corrected chi connectivity index (χ1v) is 11.1. The molecule has 2 aromatic heterocycles.